The fraction of sp³-hybridized carbons (Fsp3) is 0.500. The second kappa shape index (κ2) is 5.81. The minimum atomic E-state index is -4.56. The number of halogens is 3. The summed E-state index contributed by atoms with van der Waals surface area (Å²) in [6, 6.07) is 2.60. The molecular weight excluding hydrogens is 277 g/mol. The predicted molar refractivity (Wildman–Crippen MR) is 67.9 cm³/mol. The van der Waals surface area contributed by atoms with Crippen LogP contribution in [0.4, 0.5) is 18.9 Å². The van der Waals surface area contributed by atoms with Gasteiger partial charge in [0.05, 0.1) is 5.69 Å². The molecule has 1 aromatic heterocycles. The molecule has 0 unspecified atom stereocenters. The molecule has 0 radical (unpaired) electrons. The number of aromatic nitrogens is 1. The van der Waals surface area contributed by atoms with Gasteiger partial charge in [-0.15, -0.1) is 0 Å². The summed E-state index contributed by atoms with van der Waals surface area (Å²) in [7, 11) is 0. The highest BCUT2D eigenvalue weighted by molar-refractivity contribution is 7.99. The van der Waals surface area contributed by atoms with Crippen LogP contribution in [-0.2, 0) is 11.0 Å². The lowest BCUT2D eigenvalue weighted by molar-refractivity contribution is -0.140. The second-order valence-corrected chi connectivity index (χ2v) is 5.50. The van der Waals surface area contributed by atoms with E-state index in [-0.39, 0.29) is 17.5 Å². The smallest absolute Gasteiger partial charge is 0.324 e. The van der Waals surface area contributed by atoms with Crippen LogP contribution in [0, 0.1) is 5.92 Å². The summed E-state index contributed by atoms with van der Waals surface area (Å²) in [5.74, 6) is 1.19. The molecule has 0 aromatic carbocycles. The quantitative estimate of drug-likeness (QED) is 0.909. The zero-order valence-electron chi connectivity index (χ0n) is 10.0. The van der Waals surface area contributed by atoms with E-state index < -0.39 is 11.9 Å². The lowest BCUT2D eigenvalue weighted by atomic mass is 10.0. The lowest BCUT2D eigenvalue weighted by Crippen LogP contribution is -2.27. The number of nitrogens with zero attached hydrogens (tertiary/aromatic N) is 1. The number of hydrogen-bond acceptors (Lipinski definition) is 3. The molecule has 0 bridgehead atoms. The van der Waals surface area contributed by atoms with Gasteiger partial charge in [-0.1, -0.05) is 0 Å². The summed E-state index contributed by atoms with van der Waals surface area (Å²) in [4.78, 5) is 15.2. The van der Waals surface area contributed by atoms with Crippen molar-refractivity contribution in [3.05, 3.63) is 24.0 Å². The van der Waals surface area contributed by atoms with E-state index in [4.69, 9.17) is 0 Å². The fourth-order valence-corrected chi connectivity index (χ4v) is 3.03. The minimum absolute atomic E-state index is 0.206. The van der Waals surface area contributed by atoms with Gasteiger partial charge in [0.2, 0.25) is 5.91 Å². The number of carbonyl (C=O) groups is 1. The standard InChI is InChI=1S/C12H13F3N2OS/c13-12(14,15)10-9(2-1-5-16-10)17-11(18)8-3-6-19-7-4-8/h1-2,5,8H,3-4,6-7H2,(H,17,18). The van der Waals surface area contributed by atoms with Crippen LogP contribution in [0.15, 0.2) is 18.3 Å². The van der Waals surface area contributed by atoms with E-state index in [1.54, 1.807) is 11.8 Å². The van der Waals surface area contributed by atoms with Crippen molar-refractivity contribution >= 4 is 23.4 Å². The van der Waals surface area contributed by atoms with Gasteiger partial charge in [-0.3, -0.25) is 4.79 Å². The number of alkyl halides is 3. The molecule has 3 nitrogen and oxygen atoms in total. The molecule has 1 fully saturated rings. The van der Waals surface area contributed by atoms with Crippen LogP contribution in [0.5, 0.6) is 0 Å². The lowest BCUT2D eigenvalue weighted by Gasteiger charge is -2.21. The summed E-state index contributed by atoms with van der Waals surface area (Å²) >= 11 is 1.76. The summed E-state index contributed by atoms with van der Waals surface area (Å²) in [5.41, 5.74) is -1.31. The van der Waals surface area contributed by atoms with Crippen molar-refractivity contribution in [3.8, 4) is 0 Å². The van der Waals surface area contributed by atoms with E-state index in [2.05, 4.69) is 10.3 Å². The molecule has 104 valence electrons. The molecule has 1 amide bonds. The van der Waals surface area contributed by atoms with Crippen molar-refractivity contribution in [1.82, 2.24) is 4.98 Å². The largest absolute Gasteiger partial charge is 0.435 e. The maximum atomic E-state index is 12.7. The number of anilines is 1. The normalized spacial score (nSPS) is 17.2. The van der Waals surface area contributed by atoms with E-state index in [9.17, 15) is 18.0 Å². The third kappa shape index (κ3) is 3.62. The Balaban J connectivity index is 2.12. The first-order chi connectivity index (χ1) is 8.98. The Morgan fingerprint density at radius 3 is 2.68 bits per heavy atom. The average Bonchev–Trinajstić information content (AvgIpc) is 2.39. The topological polar surface area (TPSA) is 42.0 Å². The summed E-state index contributed by atoms with van der Waals surface area (Å²) in [5, 5.41) is 2.36. The van der Waals surface area contributed by atoms with Gasteiger partial charge < -0.3 is 5.32 Å². The average molecular weight is 290 g/mol. The number of pyridine rings is 1. The Hall–Kier alpha value is -1.24. The van der Waals surface area contributed by atoms with Gasteiger partial charge in [-0.05, 0) is 36.5 Å². The van der Waals surface area contributed by atoms with E-state index in [1.165, 1.54) is 12.1 Å². The van der Waals surface area contributed by atoms with Crippen molar-refractivity contribution in [2.24, 2.45) is 5.92 Å². The fourth-order valence-electron chi connectivity index (χ4n) is 1.93. The van der Waals surface area contributed by atoms with Gasteiger partial charge in [0, 0.05) is 12.1 Å². The van der Waals surface area contributed by atoms with Gasteiger partial charge in [-0.2, -0.15) is 24.9 Å². The van der Waals surface area contributed by atoms with Crippen LogP contribution in [-0.4, -0.2) is 22.4 Å². The first kappa shape index (κ1) is 14.2. The maximum absolute atomic E-state index is 12.7. The zero-order valence-corrected chi connectivity index (χ0v) is 10.9. The van der Waals surface area contributed by atoms with Crippen LogP contribution in [0.1, 0.15) is 18.5 Å². The Labute approximate surface area is 113 Å². The van der Waals surface area contributed by atoms with Crippen molar-refractivity contribution in [1.29, 1.82) is 0 Å². The van der Waals surface area contributed by atoms with Crippen molar-refractivity contribution in [3.63, 3.8) is 0 Å². The van der Waals surface area contributed by atoms with E-state index in [1.807, 2.05) is 0 Å². The number of carbonyl (C=O) groups excluding carboxylic acids is 1. The van der Waals surface area contributed by atoms with Gasteiger partial charge in [0.25, 0.3) is 0 Å². The van der Waals surface area contributed by atoms with Crippen LogP contribution >= 0.6 is 11.8 Å². The molecule has 19 heavy (non-hydrogen) atoms. The van der Waals surface area contributed by atoms with E-state index in [0.29, 0.717) is 12.8 Å². The molecule has 1 aliphatic rings. The first-order valence-corrected chi connectivity index (χ1v) is 7.05. The van der Waals surface area contributed by atoms with Crippen molar-refractivity contribution < 1.29 is 18.0 Å². The van der Waals surface area contributed by atoms with Crippen LogP contribution in [0.25, 0.3) is 0 Å². The number of nitrogens with one attached hydrogen (secondary N) is 1. The maximum Gasteiger partial charge on any atom is 0.435 e. The Bertz CT molecular complexity index is 459. The van der Waals surface area contributed by atoms with E-state index >= 15 is 0 Å². The Kier molecular flexibility index (Phi) is 4.34. The number of hydrogen-bond donors (Lipinski definition) is 1. The van der Waals surface area contributed by atoms with Gasteiger partial charge in [-0.25, -0.2) is 4.98 Å². The highest BCUT2D eigenvalue weighted by Gasteiger charge is 2.36. The summed E-state index contributed by atoms with van der Waals surface area (Å²) < 4.78 is 38.2. The van der Waals surface area contributed by atoms with Gasteiger partial charge >= 0.3 is 6.18 Å². The molecule has 0 aliphatic carbocycles. The number of amides is 1. The van der Waals surface area contributed by atoms with Crippen LogP contribution in [0.3, 0.4) is 0 Å². The monoisotopic (exact) mass is 290 g/mol. The molecule has 0 spiro atoms. The highest BCUT2D eigenvalue weighted by Crippen LogP contribution is 2.33. The highest BCUT2D eigenvalue weighted by atomic mass is 32.2. The molecule has 2 rings (SSSR count). The molecule has 0 saturated carbocycles. The second-order valence-electron chi connectivity index (χ2n) is 4.27. The van der Waals surface area contributed by atoms with E-state index in [0.717, 1.165) is 17.7 Å². The van der Waals surface area contributed by atoms with Crippen molar-refractivity contribution in [2.75, 3.05) is 16.8 Å². The molecule has 0 atom stereocenters. The predicted octanol–water partition coefficient (Wildman–Crippen LogP) is 3.18. The van der Waals surface area contributed by atoms with Gasteiger partial charge in [0.1, 0.15) is 0 Å². The first-order valence-electron chi connectivity index (χ1n) is 5.89. The third-order valence-electron chi connectivity index (χ3n) is 2.93. The molecule has 1 N–H and O–H groups in total. The van der Waals surface area contributed by atoms with Crippen LogP contribution in [0.2, 0.25) is 0 Å². The summed E-state index contributed by atoms with van der Waals surface area (Å²) in [6.07, 6.45) is -2.09. The molecule has 2 heterocycles. The van der Waals surface area contributed by atoms with Crippen LogP contribution < -0.4 is 5.32 Å². The molecule has 7 heteroatoms. The summed E-state index contributed by atoms with van der Waals surface area (Å²) in [6.45, 7) is 0. The number of rotatable bonds is 2. The number of thioether (sulfide) groups is 1. The molecule has 1 aliphatic heterocycles. The zero-order chi connectivity index (χ0) is 13.9. The van der Waals surface area contributed by atoms with Gasteiger partial charge in [0.15, 0.2) is 5.69 Å². The Morgan fingerprint density at radius 1 is 1.37 bits per heavy atom. The van der Waals surface area contributed by atoms with Crippen molar-refractivity contribution in [2.45, 2.75) is 19.0 Å². The molecule has 1 aromatic rings. The molecule has 1 saturated heterocycles. The Morgan fingerprint density at radius 2 is 2.05 bits per heavy atom. The minimum Gasteiger partial charge on any atom is -0.324 e. The third-order valence-corrected chi connectivity index (χ3v) is 3.97. The SMILES string of the molecule is O=C(Nc1cccnc1C(F)(F)F)C1CCSCC1. The molecular formula is C12H13F3N2OS.